The summed E-state index contributed by atoms with van der Waals surface area (Å²) >= 11 is 0. The Balaban J connectivity index is 2.41. The molecule has 0 N–H and O–H groups in total. The van der Waals surface area contributed by atoms with Gasteiger partial charge >= 0.3 is 0 Å². The van der Waals surface area contributed by atoms with E-state index in [2.05, 4.69) is 20.8 Å². The molecule has 0 spiro atoms. The molecule has 0 bridgehead atoms. The van der Waals surface area contributed by atoms with Crippen molar-refractivity contribution in [1.82, 2.24) is 0 Å². The predicted octanol–water partition coefficient (Wildman–Crippen LogP) is 2.99. The summed E-state index contributed by atoms with van der Waals surface area (Å²) < 4.78 is 5.67. The molecule has 11 heavy (non-hydrogen) atoms. The lowest BCUT2D eigenvalue weighted by Crippen LogP contribution is -2.28. The molecule has 1 heterocycles. The van der Waals surface area contributed by atoms with Crippen molar-refractivity contribution < 1.29 is 4.74 Å². The molecule has 1 rings (SSSR count). The average molecular weight is 156 g/mol. The zero-order valence-electron chi connectivity index (χ0n) is 8.02. The fourth-order valence-electron chi connectivity index (χ4n) is 2.00. The van der Waals surface area contributed by atoms with Crippen molar-refractivity contribution >= 4 is 0 Å². The molecule has 1 fully saturated rings. The lowest BCUT2D eigenvalue weighted by Gasteiger charge is -2.30. The van der Waals surface area contributed by atoms with Gasteiger partial charge in [0.25, 0.3) is 0 Å². The highest BCUT2D eigenvalue weighted by molar-refractivity contribution is 4.81. The quantitative estimate of drug-likeness (QED) is 0.610. The number of hydrogen-bond donors (Lipinski definition) is 0. The van der Waals surface area contributed by atoms with Crippen LogP contribution in [0.4, 0.5) is 0 Å². The zero-order valence-corrected chi connectivity index (χ0v) is 8.02. The lowest BCUT2D eigenvalue weighted by atomic mass is 9.81. The van der Waals surface area contributed by atoms with Crippen molar-refractivity contribution in [2.45, 2.75) is 52.6 Å². The van der Waals surface area contributed by atoms with E-state index in [1.54, 1.807) is 0 Å². The first-order valence-electron chi connectivity index (χ1n) is 4.78. The van der Waals surface area contributed by atoms with E-state index in [0.29, 0.717) is 11.5 Å². The van der Waals surface area contributed by atoms with Crippen molar-refractivity contribution in [1.29, 1.82) is 0 Å². The van der Waals surface area contributed by atoms with Gasteiger partial charge in [-0.1, -0.05) is 27.2 Å². The van der Waals surface area contributed by atoms with Gasteiger partial charge in [-0.2, -0.15) is 0 Å². The van der Waals surface area contributed by atoms with E-state index in [4.69, 9.17) is 4.74 Å². The van der Waals surface area contributed by atoms with Crippen molar-refractivity contribution in [3.05, 3.63) is 0 Å². The predicted molar refractivity (Wildman–Crippen MR) is 47.7 cm³/mol. The maximum atomic E-state index is 5.67. The molecule has 1 aliphatic heterocycles. The molecule has 0 aromatic heterocycles. The van der Waals surface area contributed by atoms with E-state index < -0.39 is 0 Å². The summed E-state index contributed by atoms with van der Waals surface area (Å²) in [6.45, 7) is 7.88. The monoisotopic (exact) mass is 156 g/mol. The molecule has 1 saturated heterocycles. The molecular formula is C10H20O. The second-order valence-corrected chi connectivity index (χ2v) is 4.24. The van der Waals surface area contributed by atoms with Gasteiger partial charge in [0.1, 0.15) is 0 Å². The van der Waals surface area contributed by atoms with Gasteiger partial charge in [-0.15, -0.1) is 0 Å². The van der Waals surface area contributed by atoms with Crippen LogP contribution in [-0.4, -0.2) is 12.7 Å². The van der Waals surface area contributed by atoms with Crippen LogP contribution in [0.1, 0.15) is 46.5 Å². The molecule has 1 nitrogen and oxygen atoms in total. The minimum absolute atomic E-state index is 0.408. The highest BCUT2D eigenvalue weighted by atomic mass is 16.5. The van der Waals surface area contributed by atoms with Crippen molar-refractivity contribution in [2.24, 2.45) is 5.41 Å². The van der Waals surface area contributed by atoms with Crippen LogP contribution in [0.2, 0.25) is 0 Å². The first-order valence-corrected chi connectivity index (χ1v) is 4.78. The third kappa shape index (κ3) is 2.19. The molecule has 0 amide bonds. The molecule has 0 aromatic rings. The Hall–Kier alpha value is -0.0400. The summed E-state index contributed by atoms with van der Waals surface area (Å²) in [5.74, 6) is 0. The molecule has 0 radical (unpaired) electrons. The minimum Gasteiger partial charge on any atom is -0.378 e. The normalized spacial score (nSPS) is 25.9. The summed E-state index contributed by atoms with van der Waals surface area (Å²) in [6.07, 6.45) is 5.62. The van der Waals surface area contributed by atoms with E-state index >= 15 is 0 Å². The molecule has 0 saturated carbocycles. The topological polar surface area (TPSA) is 9.23 Å². The molecule has 0 aromatic carbocycles. The van der Waals surface area contributed by atoms with Gasteiger partial charge in [0.2, 0.25) is 0 Å². The van der Waals surface area contributed by atoms with Crippen LogP contribution in [0, 0.1) is 5.41 Å². The fourth-order valence-corrected chi connectivity index (χ4v) is 2.00. The first kappa shape index (κ1) is 9.05. The maximum absolute atomic E-state index is 5.67. The van der Waals surface area contributed by atoms with Crippen LogP contribution in [0.3, 0.4) is 0 Å². The van der Waals surface area contributed by atoms with Crippen molar-refractivity contribution in [3.8, 4) is 0 Å². The Kier molecular flexibility index (Phi) is 2.94. The lowest BCUT2D eigenvalue weighted by molar-refractivity contribution is 0.0140. The standard InChI is InChI=1S/C10H20O/c1-4-7-10(2,3)9-6-5-8-11-9/h9H,4-8H2,1-3H3. The van der Waals surface area contributed by atoms with E-state index in [0.717, 1.165) is 6.61 Å². The van der Waals surface area contributed by atoms with Crippen LogP contribution >= 0.6 is 0 Å². The smallest absolute Gasteiger partial charge is 0.0626 e. The van der Waals surface area contributed by atoms with Gasteiger partial charge in [0.05, 0.1) is 6.10 Å². The minimum atomic E-state index is 0.408. The first-order chi connectivity index (χ1) is 5.17. The molecule has 1 heteroatoms. The van der Waals surface area contributed by atoms with Crippen molar-refractivity contribution in [2.75, 3.05) is 6.61 Å². The second-order valence-electron chi connectivity index (χ2n) is 4.24. The van der Waals surface area contributed by atoms with Gasteiger partial charge in [-0.05, 0) is 24.7 Å². The molecule has 1 aliphatic rings. The molecular weight excluding hydrogens is 136 g/mol. The molecule has 1 unspecified atom stereocenters. The highest BCUT2D eigenvalue weighted by Gasteiger charge is 2.31. The number of rotatable bonds is 3. The Bertz CT molecular complexity index is 112. The third-order valence-electron chi connectivity index (χ3n) is 2.70. The van der Waals surface area contributed by atoms with Crippen LogP contribution in [0.15, 0.2) is 0 Å². The Morgan fingerprint density at radius 3 is 2.64 bits per heavy atom. The van der Waals surface area contributed by atoms with Crippen LogP contribution in [0.5, 0.6) is 0 Å². The fraction of sp³-hybridized carbons (Fsp3) is 1.00. The Morgan fingerprint density at radius 2 is 2.18 bits per heavy atom. The van der Waals surface area contributed by atoms with Gasteiger partial charge < -0.3 is 4.74 Å². The van der Waals surface area contributed by atoms with E-state index in [9.17, 15) is 0 Å². The summed E-state index contributed by atoms with van der Waals surface area (Å²) in [7, 11) is 0. The molecule has 66 valence electrons. The summed E-state index contributed by atoms with van der Waals surface area (Å²) in [6, 6.07) is 0. The zero-order chi connectivity index (χ0) is 8.32. The van der Waals surface area contributed by atoms with Gasteiger partial charge in [0, 0.05) is 6.61 Å². The third-order valence-corrected chi connectivity index (χ3v) is 2.70. The van der Waals surface area contributed by atoms with Crippen LogP contribution in [-0.2, 0) is 4.74 Å². The van der Waals surface area contributed by atoms with E-state index in [1.807, 2.05) is 0 Å². The molecule has 1 atom stereocenters. The number of hydrogen-bond acceptors (Lipinski definition) is 1. The SMILES string of the molecule is CCCC(C)(C)C1CCCO1. The Morgan fingerprint density at radius 1 is 1.45 bits per heavy atom. The van der Waals surface area contributed by atoms with E-state index in [-0.39, 0.29) is 0 Å². The summed E-state index contributed by atoms with van der Waals surface area (Å²) in [5.41, 5.74) is 0.408. The van der Waals surface area contributed by atoms with Crippen LogP contribution in [0.25, 0.3) is 0 Å². The van der Waals surface area contributed by atoms with Gasteiger partial charge in [-0.3, -0.25) is 0 Å². The summed E-state index contributed by atoms with van der Waals surface area (Å²) in [4.78, 5) is 0. The second kappa shape index (κ2) is 3.57. The van der Waals surface area contributed by atoms with Crippen molar-refractivity contribution in [3.63, 3.8) is 0 Å². The average Bonchev–Trinajstić information content (AvgIpc) is 2.37. The molecule has 0 aliphatic carbocycles. The Labute approximate surface area is 70.1 Å². The van der Waals surface area contributed by atoms with Crippen LogP contribution < -0.4 is 0 Å². The van der Waals surface area contributed by atoms with Gasteiger partial charge in [-0.25, -0.2) is 0 Å². The van der Waals surface area contributed by atoms with E-state index in [1.165, 1.54) is 25.7 Å². The largest absolute Gasteiger partial charge is 0.378 e. The highest BCUT2D eigenvalue weighted by Crippen LogP contribution is 2.34. The van der Waals surface area contributed by atoms with Gasteiger partial charge in [0.15, 0.2) is 0 Å². The summed E-state index contributed by atoms with van der Waals surface area (Å²) in [5, 5.41) is 0. The maximum Gasteiger partial charge on any atom is 0.0626 e. The number of ether oxygens (including phenoxy) is 1.